The number of imide groups is 1. The van der Waals surface area contributed by atoms with E-state index in [4.69, 9.17) is 9.47 Å². The summed E-state index contributed by atoms with van der Waals surface area (Å²) >= 11 is 0. The van der Waals surface area contributed by atoms with E-state index in [2.05, 4.69) is 10.1 Å². The Hall–Kier alpha value is -3.81. The molecule has 0 bridgehead atoms. The molecule has 0 saturated carbocycles. The highest BCUT2D eigenvalue weighted by Gasteiger charge is 2.35. The van der Waals surface area contributed by atoms with Crippen LogP contribution in [0, 0.1) is 6.92 Å². The minimum atomic E-state index is -0.682. The summed E-state index contributed by atoms with van der Waals surface area (Å²) in [6.45, 7) is 4.25. The fourth-order valence-corrected chi connectivity index (χ4v) is 3.04. The van der Waals surface area contributed by atoms with Crippen LogP contribution in [0.15, 0.2) is 48.2 Å². The van der Waals surface area contributed by atoms with Gasteiger partial charge in [-0.1, -0.05) is 35.9 Å². The molecule has 31 heavy (non-hydrogen) atoms. The first-order chi connectivity index (χ1) is 14.9. The average molecular weight is 424 g/mol. The fourth-order valence-electron chi connectivity index (χ4n) is 3.04. The van der Waals surface area contributed by atoms with E-state index in [1.807, 2.05) is 38.1 Å². The molecule has 8 nitrogen and oxygen atoms in total. The van der Waals surface area contributed by atoms with Gasteiger partial charge < -0.3 is 19.5 Å². The van der Waals surface area contributed by atoms with E-state index < -0.39 is 24.5 Å². The Kier molecular flexibility index (Phi) is 6.92. The van der Waals surface area contributed by atoms with E-state index in [0.29, 0.717) is 30.3 Å². The predicted molar refractivity (Wildman–Crippen MR) is 113 cm³/mol. The molecule has 0 unspecified atom stereocenters. The third-order valence-corrected chi connectivity index (χ3v) is 4.53. The van der Waals surface area contributed by atoms with E-state index >= 15 is 0 Å². The lowest BCUT2D eigenvalue weighted by Gasteiger charge is -2.13. The Morgan fingerprint density at radius 1 is 1.10 bits per heavy atom. The third kappa shape index (κ3) is 5.42. The zero-order valence-electron chi connectivity index (χ0n) is 17.6. The second kappa shape index (κ2) is 9.80. The van der Waals surface area contributed by atoms with Crippen molar-refractivity contribution >= 4 is 24.0 Å². The molecule has 3 amide bonds. The van der Waals surface area contributed by atoms with Crippen molar-refractivity contribution in [3.8, 4) is 11.5 Å². The topological polar surface area (TPSA) is 94.2 Å². The maximum atomic E-state index is 12.4. The van der Waals surface area contributed by atoms with Crippen LogP contribution in [0.5, 0.6) is 11.5 Å². The zero-order valence-corrected chi connectivity index (χ0v) is 17.6. The molecule has 1 aliphatic heterocycles. The highest BCUT2D eigenvalue weighted by molar-refractivity contribution is 6.15. The molecule has 0 aromatic heterocycles. The van der Waals surface area contributed by atoms with Crippen LogP contribution in [-0.4, -0.2) is 43.1 Å². The predicted octanol–water partition coefficient (Wildman–Crippen LogP) is 3.04. The van der Waals surface area contributed by atoms with Gasteiger partial charge in [0, 0.05) is 0 Å². The number of urea groups is 1. The van der Waals surface area contributed by atoms with Gasteiger partial charge in [-0.3, -0.25) is 9.59 Å². The van der Waals surface area contributed by atoms with Crippen molar-refractivity contribution in [3.63, 3.8) is 0 Å². The van der Waals surface area contributed by atoms with Crippen molar-refractivity contribution in [3.05, 3.63) is 64.9 Å². The lowest BCUT2D eigenvalue weighted by Crippen LogP contribution is -2.36. The van der Waals surface area contributed by atoms with E-state index in [1.54, 1.807) is 18.2 Å². The molecule has 1 aliphatic rings. The molecule has 162 valence electrons. The van der Waals surface area contributed by atoms with Crippen molar-refractivity contribution in [2.75, 3.05) is 20.3 Å². The molecule has 0 radical (unpaired) electrons. The maximum absolute atomic E-state index is 12.4. The van der Waals surface area contributed by atoms with Crippen LogP contribution in [0.25, 0.3) is 6.08 Å². The number of nitrogens with one attached hydrogen (secondary N) is 1. The quantitative estimate of drug-likeness (QED) is 0.398. The number of amides is 3. The monoisotopic (exact) mass is 424 g/mol. The van der Waals surface area contributed by atoms with Gasteiger partial charge in [0.2, 0.25) is 0 Å². The number of hydrogen-bond donors (Lipinski definition) is 1. The van der Waals surface area contributed by atoms with Gasteiger partial charge in [0.05, 0.1) is 13.7 Å². The summed E-state index contributed by atoms with van der Waals surface area (Å²) in [6.07, 6.45) is 1.52. The minimum absolute atomic E-state index is 0.0600. The molecule has 1 saturated heterocycles. The van der Waals surface area contributed by atoms with Gasteiger partial charge in [0.15, 0.2) is 11.5 Å². The lowest BCUT2D eigenvalue weighted by molar-refractivity contribution is -0.143. The first kappa shape index (κ1) is 21.9. The van der Waals surface area contributed by atoms with E-state index in [0.717, 1.165) is 16.0 Å². The highest BCUT2D eigenvalue weighted by Crippen LogP contribution is 2.30. The fraction of sp³-hybridized carbons (Fsp3) is 0.261. The van der Waals surface area contributed by atoms with Gasteiger partial charge in [0.1, 0.15) is 18.8 Å². The summed E-state index contributed by atoms with van der Waals surface area (Å²) in [4.78, 5) is 36.7. The number of benzene rings is 2. The second-order valence-corrected chi connectivity index (χ2v) is 6.87. The van der Waals surface area contributed by atoms with Gasteiger partial charge >= 0.3 is 12.0 Å². The molecule has 1 fully saturated rings. The highest BCUT2D eigenvalue weighted by atomic mass is 16.5. The number of carbonyl (C=O) groups excluding carboxylic acids is 3. The number of nitrogens with zero attached hydrogens (tertiary/aromatic N) is 1. The Labute approximate surface area is 180 Å². The molecule has 1 heterocycles. The van der Waals surface area contributed by atoms with E-state index in [9.17, 15) is 14.4 Å². The Morgan fingerprint density at radius 3 is 2.61 bits per heavy atom. The summed E-state index contributed by atoms with van der Waals surface area (Å²) in [6, 6.07) is 12.6. The Morgan fingerprint density at radius 2 is 1.90 bits per heavy atom. The SMILES string of the molecule is CCOc1cc(/C=C2/NC(=O)N(CC(=O)OC)C2=O)ccc1OCc1cccc(C)c1. The number of hydrogen-bond acceptors (Lipinski definition) is 6. The van der Waals surface area contributed by atoms with Crippen molar-refractivity contribution in [2.24, 2.45) is 0 Å². The van der Waals surface area contributed by atoms with Crippen LogP contribution in [0.4, 0.5) is 4.79 Å². The number of ether oxygens (including phenoxy) is 3. The number of rotatable bonds is 8. The maximum Gasteiger partial charge on any atom is 0.329 e. The van der Waals surface area contributed by atoms with Crippen molar-refractivity contribution < 1.29 is 28.6 Å². The first-order valence-electron chi connectivity index (χ1n) is 9.77. The van der Waals surface area contributed by atoms with Gasteiger partial charge in [-0.15, -0.1) is 0 Å². The normalized spacial score (nSPS) is 14.5. The van der Waals surface area contributed by atoms with Crippen LogP contribution >= 0.6 is 0 Å². The molecule has 8 heteroatoms. The molecular weight excluding hydrogens is 400 g/mol. The lowest BCUT2D eigenvalue weighted by atomic mass is 10.1. The number of aryl methyl sites for hydroxylation is 1. The zero-order chi connectivity index (χ0) is 22.4. The van der Waals surface area contributed by atoms with Gasteiger partial charge in [-0.25, -0.2) is 9.69 Å². The van der Waals surface area contributed by atoms with Gasteiger partial charge in [-0.05, 0) is 43.2 Å². The molecule has 0 aliphatic carbocycles. The number of carbonyl (C=O) groups is 3. The minimum Gasteiger partial charge on any atom is -0.490 e. The summed E-state index contributed by atoms with van der Waals surface area (Å²) in [5.41, 5.74) is 2.89. The molecule has 3 rings (SSSR count). The molecule has 2 aromatic carbocycles. The second-order valence-electron chi connectivity index (χ2n) is 6.87. The van der Waals surface area contributed by atoms with Crippen LogP contribution in [0.1, 0.15) is 23.6 Å². The summed E-state index contributed by atoms with van der Waals surface area (Å²) in [5, 5.41) is 2.47. The Bertz CT molecular complexity index is 1030. The van der Waals surface area contributed by atoms with Crippen LogP contribution in [-0.2, 0) is 20.9 Å². The van der Waals surface area contributed by atoms with Crippen LogP contribution in [0.3, 0.4) is 0 Å². The largest absolute Gasteiger partial charge is 0.490 e. The number of methoxy groups -OCH3 is 1. The number of esters is 1. The van der Waals surface area contributed by atoms with Crippen LogP contribution in [0.2, 0.25) is 0 Å². The van der Waals surface area contributed by atoms with E-state index in [1.165, 1.54) is 13.2 Å². The van der Waals surface area contributed by atoms with Crippen LogP contribution < -0.4 is 14.8 Å². The smallest absolute Gasteiger partial charge is 0.329 e. The molecule has 1 N–H and O–H groups in total. The molecular formula is C23H24N2O6. The molecule has 0 atom stereocenters. The first-order valence-corrected chi connectivity index (χ1v) is 9.77. The summed E-state index contributed by atoms with van der Waals surface area (Å²) in [5.74, 6) is -0.195. The van der Waals surface area contributed by atoms with Crippen molar-refractivity contribution in [1.82, 2.24) is 10.2 Å². The van der Waals surface area contributed by atoms with Crippen molar-refractivity contribution in [2.45, 2.75) is 20.5 Å². The standard InChI is InChI=1S/C23H24N2O6/c1-4-30-20-12-16(8-9-19(20)31-14-17-7-5-6-15(2)10-17)11-18-22(27)25(23(28)24-18)13-21(26)29-3/h5-12H,4,13-14H2,1-3H3,(H,24,28)/b18-11+. The molecule has 2 aromatic rings. The Balaban J connectivity index is 1.78. The van der Waals surface area contributed by atoms with Gasteiger partial charge in [-0.2, -0.15) is 0 Å². The van der Waals surface area contributed by atoms with Gasteiger partial charge in [0.25, 0.3) is 5.91 Å². The summed E-state index contributed by atoms with van der Waals surface area (Å²) < 4.78 is 16.1. The molecule has 0 spiro atoms. The average Bonchev–Trinajstić information content (AvgIpc) is 3.00. The third-order valence-electron chi connectivity index (χ3n) is 4.53. The van der Waals surface area contributed by atoms with Crippen molar-refractivity contribution in [1.29, 1.82) is 0 Å². The van der Waals surface area contributed by atoms with E-state index in [-0.39, 0.29) is 5.70 Å². The summed E-state index contributed by atoms with van der Waals surface area (Å²) in [7, 11) is 1.19.